The molecular formula is C15H25ClN4. The van der Waals surface area contributed by atoms with Crippen molar-refractivity contribution in [3.8, 4) is 0 Å². The van der Waals surface area contributed by atoms with Crippen molar-refractivity contribution >= 4 is 17.4 Å². The zero-order valence-electron chi connectivity index (χ0n) is 12.7. The molecule has 1 aliphatic rings. The van der Waals surface area contributed by atoms with Gasteiger partial charge in [0.25, 0.3) is 0 Å². The van der Waals surface area contributed by atoms with E-state index in [0.717, 1.165) is 24.1 Å². The van der Waals surface area contributed by atoms with E-state index in [2.05, 4.69) is 41.1 Å². The average Bonchev–Trinajstić information content (AvgIpc) is 2.40. The van der Waals surface area contributed by atoms with Gasteiger partial charge < -0.3 is 10.2 Å². The number of hydrogen-bond donors (Lipinski definition) is 1. The van der Waals surface area contributed by atoms with E-state index in [4.69, 9.17) is 11.6 Å². The number of piperidine rings is 1. The third kappa shape index (κ3) is 4.60. The predicted octanol–water partition coefficient (Wildman–Crippen LogP) is 3.40. The van der Waals surface area contributed by atoms with Crippen LogP contribution in [0.25, 0.3) is 0 Å². The summed E-state index contributed by atoms with van der Waals surface area (Å²) >= 11 is 6.04. The Hall–Kier alpha value is -0.870. The van der Waals surface area contributed by atoms with Crippen LogP contribution in [0.5, 0.6) is 0 Å². The normalized spacial score (nSPS) is 17.6. The summed E-state index contributed by atoms with van der Waals surface area (Å²) in [5, 5.41) is 3.91. The van der Waals surface area contributed by atoms with E-state index in [9.17, 15) is 0 Å². The minimum Gasteiger partial charge on any atom is -0.370 e. The first kappa shape index (κ1) is 15.5. The Labute approximate surface area is 126 Å². The number of rotatable bonds is 5. The third-order valence-corrected chi connectivity index (χ3v) is 4.12. The topological polar surface area (TPSA) is 41.1 Å². The van der Waals surface area contributed by atoms with Crippen molar-refractivity contribution in [3.05, 3.63) is 17.0 Å². The van der Waals surface area contributed by atoms with E-state index in [1.165, 1.54) is 32.4 Å². The maximum absolute atomic E-state index is 6.04. The molecule has 0 spiro atoms. The largest absolute Gasteiger partial charge is 0.370 e. The molecule has 1 aromatic rings. The van der Waals surface area contributed by atoms with Crippen LogP contribution >= 0.6 is 11.6 Å². The lowest BCUT2D eigenvalue weighted by atomic mass is 9.94. The number of anilines is 1. The molecule has 0 aromatic carbocycles. The van der Waals surface area contributed by atoms with Crippen LogP contribution in [0.1, 0.15) is 44.9 Å². The summed E-state index contributed by atoms with van der Waals surface area (Å²) in [5.74, 6) is 2.78. The molecule has 0 aliphatic carbocycles. The van der Waals surface area contributed by atoms with Crippen LogP contribution in [0, 0.1) is 5.92 Å². The molecule has 4 nitrogen and oxygen atoms in total. The molecule has 2 heterocycles. The number of hydrogen-bond acceptors (Lipinski definition) is 4. The predicted molar refractivity (Wildman–Crippen MR) is 84.5 cm³/mol. The molecule has 0 amide bonds. The highest BCUT2D eigenvalue weighted by Gasteiger charge is 2.16. The lowest BCUT2D eigenvalue weighted by Crippen LogP contribution is -2.30. The molecule has 0 radical (unpaired) electrons. The van der Waals surface area contributed by atoms with Gasteiger partial charge in [-0.1, -0.05) is 25.4 Å². The lowest BCUT2D eigenvalue weighted by molar-refractivity contribution is 0.215. The van der Waals surface area contributed by atoms with Gasteiger partial charge in [0.2, 0.25) is 0 Å². The van der Waals surface area contributed by atoms with Gasteiger partial charge in [-0.05, 0) is 45.3 Å². The summed E-state index contributed by atoms with van der Waals surface area (Å²) < 4.78 is 0. The number of nitrogens with one attached hydrogen (secondary N) is 1. The van der Waals surface area contributed by atoms with E-state index in [1.807, 2.05) is 6.07 Å². The van der Waals surface area contributed by atoms with Crippen molar-refractivity contribution in [2.24, 2.45) is 5.92 Å². The number of aromatic nitrogens is 2. The Bertz CT molecular complexity index is 428. The molecule has 1 N–H and O–H groups in total. The number of likely N-dealkylation sites (tertiary alicyclic amines) is 1. The molecule has 1 aliphatic heterocycles. The molecule has 1 saturated heterocycles. The summed E-state index contributed by atoms with van der Waals surface area (Å²) in [6, 6.07) is 1.81. The Morgan fingerprint density at radius 2 is 2.05 bits per heavy atom. The van der Waals surface area contributed by atoms with Gasteiger partial charge in [-0.25, -0.2) is 9.97 Å². The highest BCUT2D eigenvalue weighted by molar-refractivity contribution is 6.29. The first-order chi connectivity index (χ1) is 9.54. The summed E-state index contributed by atoms with van der Waals surface area (Å²) in [6.45, 7) is 7.56. The van der Waals surface area contributed by atoms with Crippen LogP contribution in [0.2, 0.25) is 5.15 Å². The van der Waals surface area contributed by atoms with Gasteiger partial charge in [-0.15, -0.1) is 0 Å². The molecule has 1 aromatic heterocycles. The van der Waals surface area contributed by atoms with Gasteiger partial charge in [-0.2, -0.15) is 0 Å². The van der Waals surface area contributed by atoms with Gasteiger partial charge in [0.15, 0.2) is 0 Å². The van der Waals surface area contributed by atoms with Gasteiger partial charge >= 0.3 is 0 Å². The van der Waals surface area contributed by atoms with Crippen LogP contribution in [0.15, 0.2) is 6.07 Å². The van der Waals surface area contributed by atoms with Gasteiger partial charge in [0.05, 0.1) is 0 Å². The second-order valence-corrected chi connectivity index (χ2v) is 6.44. The monoisotopic (exact) mass is 296 g/mol. The van der Waals surface area contributed by atoms with Crippen LogP contribution in [-0.4, -0.2) is 41.5 Å². The average molecular weight is 297 g/mol. The maximum Gasteiger partial charge on any atom is 0.135 e. The van der Waals surface area contributed by atoms with Crippen LogP contribution in [0.3, 0.4) is 0 Å². The second kappa shape index (κ2) is 7.23. The Morgan fingerprint density at radius 3 is 2.70 bits per heavy atom. The lowest BCUT2D eigenvalue weighted by Gasteiger charge is -2.28. The number of nitrogens with zero attached hydrogens (tertiary/aromatic N) is 3. The smallest absolute Gasteiger partial charge is 0.135 e. The summed E-state index contributed by atoms with van der Waals surface area (Å²) in [5.41, 5.74) is 0. The fourth-order valence-electron chi connectivity index (χ4n) is 2.54. The minimum absolute atomic E-state index is 0.295. The fourth-order valence-corrected chi connectivity index (χ4v) is 2.73. The molecule has 0 saturated carbocycles. The first-order valence-corrected chi connectivity index (χ1v) is 7.89. The van der Waals surface area contributed by atoms with E-state index < -0.39 is 0 Å². The van der Waals surface area contributed by atoms with Crippen molar-refractivity contribution < 1.29 is 0 Å². The van der Waals surface area contributed by atoms with Crippen molar-refractivity contribution in [2.75, 3.05) is 32.0 Å². The van der Waals surface area contributed by atoms with Crippen molar-refractivity contribution in [3.63, 3.8) is 0 Å². The molecule has 5 heteroatoms. The Balaban J connectivity index is 1.82. The molecule has 0 unspecified atom stereocenters. The quantitative estimate of drug-likeness (QED) is 0.846. The molecule has 20 heavy (non-hydrogen) atoms. The first-order valence-electron chi connectivity index (χ1n) is 7.51. The van der Waals surface area contributed by atoms with Gasteiger partial charge in [0, 0.05) is 18.5 Å². The van der Waals surface area contributed by atoms with Crippen molar-refractivity contribution in [1.82, 2.24) is 14.9 Å². The summed E-state index contributed by atoms with van der Waals surface area (Å²) in [6.07, 6.45) is 3.81. The van der Waals surface area contributed by atoms with Crippen LogP contribution in [-0.2, 0) is 0 Å². The molecular weight excluding hydrogens is 272 g/mol. The van der Waals surface area contributed by atoms with Crippen LogP contribution in [0.4, 0.5) is 5.82 Å². The van der Waals surface area contributed by atoms with Gasteiger partial charge in [-0.3, -0.25) is 0 Å². The standard InChI is InChI=1S/C15H25ClN4/c1-11(2)15-18-13(16)10-14(19-15)17-7-4-12-5-8-20(3)9-6-12/h10-12H,4-9H2,1-3H3,(H,17,18,19). The van der Waals surface area contributed by atoms with E-state index in [1.54, 1.807) is 0 Å². The summed E-state index contributed by atoms with van der Waals surface area (Å²) in [4.78, 5) is 11.2. The second-order valence-electron chi connectivity index (χ2n) is 6.05. The van der Waals surface area contributed by atoms with E-state index in [0.29, 0.717) is 11.1 Å². The van der Waals surface area contributed by atoms with E-state index in [-0.39, 0.29) is 0 Å². The molecule has 1 fully saturated rings. The highest BCUT2D eigenvalue weighted by atomic mass is 35.5. The number of halogens is 1. The summed E-state index contributed by atoms with van der Waals surface area (Å²) in [7, 11) is 2.20. The molecule has 0 bridgehead atoms. The molecule has 112 valence electrons. The van der Waals surface area contributed by atoms with Crippen molar-refractivity contribution in [2.45, 2.75) is 39.0 Å². The third-order valence-electron chi connectivity index (χ3n) is 3.93. The van der Waals surface area contributed by atoms with Crippen LogP contribution < -0.4 is 5.32 Å². The Kier molecular flexibility index (Phi) is 5.61. The van der Waals surface area contributed by atoms with E-state index >= 15 is 0 Å². The maximum atomic E-state index is 6.04. The van der Waals surface area contributed by atoms with Gasteiger partial charge in [0.1, 0.15) is 16.8 Å². The molecule has 0 atom stereocenters. The van der Waals surface area contributed by atoms with Crippen molar-refractivity contribution in [1.29, 1.82) is 0 Å². The fraction of sp³-hybridized carbons (Fsp3) is 0.733. The highest BCUT2D eigenvalue weighted by Crippen LogP contribution is 2.20. The SMILES string of the molecule is CC(C)c1nc(Cl)cc(NCCC2CCN(C)CC2)n1. The Morgan fingerprint density at radius 1 is 1.35 bits per heavy atom. The minimum atomic E-state index is 0.295. The zero-order valence-corrected chi connectivity index (χ0v) is 13.5. The zero-order chi connectivity index (χ0) is 14.5. The molecule has 2 rings (SSSR count).